The number of hydrogen-bond donors (Lipinski definition) is 0. The smallest absolute Gasteiger partial charge is 0.341 e. The van der Waals surface area contributed by atoms with Gasteiger partial charge < -0.3 is 4.74 Å². The molecule has 0 saturated carbocycles. The van der Waals surface area contributed by atoms with E-state index in [0.29, 0.717) is 21.7 Å². The van der Waals surface area contributed by atoms with E-state index in [1.54, 1.807) is 11.6 Å². The number of hydrogen-bond acceptors (Lipinski definition) is 4. The van der Waals surface area contributed by atoms with Gasteiger partial charge in [0.2, 0.25) is 0 Å². The molecule has 0 fully saturated rings. The Kier molecular flexibility index (Phi) is 3.81. The van der Waals surface area contributed by atoms with Gasteiger partial charge in [0, 0.05) is 6.20 Å². The minimum Gasteiger partial charge on any atom is -0.462 e. The Balaban J connectivity index is 2.21. The summed E-state index contributed by atoms with van der Waals surface area (Å²) >= 11 is 6.38. The molecular weight excluding hydrogens is 302 g/mol. The average Bonchev–Trinajstić information content (AvgIpc) is 2.86. The first-order valence-corrected chi connectivity index (χ1v) is 7.27. The van der Waals surface area contributed by atoms with Crippen molar-refractivity contribution < 1.29 is 9.53 Å². The monoisotopic (exact) mass is 315 g/mol. The quantitative estimate of drug-likeness (QED) is 0.693. The first kappa shape index (κ1) is 14.5. The molecule has 0 aliphatic rings. The van der Waals surface area contributed by atoms with Crippen LogP contribution in [0.4, 0.5) is 0 Å². The van der Waals surface area contributed by atoms with Gasteiger partial charge in [-0.05, 0) is 26.0 Å². The van der Waals surface area contributed by atoms with Crippen LogP contribution in [0.1, 0.15) is 23.0 Å². The number of benzene rings is 1. The molecule has 0 atom stereocenters. The van der Waals surface area contributed by atoms with Crippen molar-refractivity contribution in [3.63, 3.8) is 0 Å². The molecule has 0 amide bonds. The number of fused-ring (bicyclic) bond motifs is 1. The summed E-state index contributed by atoms with van der Waals surface area (Å²) in [4.78, 5) is 16.3. The van der Waals surface area contributed by atoms with Crippen LogP contribution in [0.2, 0.25) is 5.02 Å². The van der Waals surface area contributed by atoms with Crippen LogP contribution >= 0.6 is 11.6 Å². The molecule has 2 heterocycles. The fourth-order valence-electron chi connectivity index (χ4n) is 2.31. The maximum atomic E-state index is 11.9. The molecule has 112 valence electrons. The number of para-hydroxylation sites is 1. The van der Waals surface area contributed by atoms with Crippen LogP contribution in [-0.2, 0) is 4.74 Å². The lowest BCUT2D eigenvalue weighted by molar-refractivity contribution is 0.0526. The number of aryl methyl sites for hydroxylation is 1. The third kappa shape index (κ3) is 2.33. The fraction of sp³-hybridized carbons (Fsp3) is 0.188. The van der Waals surface area contributed by atoms with Gasteiger partial charge in [0.1, 0.15) is 0 Å². The van der Waals surface area contributed by atoms with E-state index in [1.165, 1.54) is 6.20 Å². The van der Waals surface area contributed by atoms with Crippen LogP contribution in [-0.4, -0.2) is 27.3 Å². The SMILES string of the molecule is CCOC(=O)c1cnc2c(c(C)nn2-c2ccccc2)c1Cl. The molecule has 3 aromatic rings. The molecule has 0 radical (unpaired) electrons. The van der Waals surface area contributed by atoms with Crippen molar-refractivity contribution in [1.29, 1.82) is 0 Å². The number of carbonyl (C=O) groups excluding carboxylic acids is 1. The number of halogens is 1. The Hall–Kier alpha value is -2.40. The largest absolute Gasteiger partial charge is 0.462 e. The Bertz CT molecular complexity index is 843. The molecule has 3 rings (SSSR count). The summed E-state index contributed by atoms with van der Waals surface area (Å²) in [5.74, 6) is -0.478. The van der Waals surface area contributed by atoms with Crippen molar-refractivity contribution >= 4 is 28.6 Å². The van der Waals surface area contributed by atoms with E-state index >= 15 is 0 Å². The zero-order valence-electron chi connectivity index (χ0n) is 12.2. The van der Waals surface area contributed by atoms with E-state index in [1.807, 2.05) is 37.3 Å². The van der Waals surface area contributed by atoms with E-state index < -0.39 is 5.97 Å². The Morgan fingerprint density at radius 2 is 2.05 bits per heavy atom. The first-order chi connectivity index (χ1) is 10.6. The topological polar surface area (TPSA) is 57.0 Å². The molecule has 0 bridgehead atoms. The highest BCUT2D eigenvalue weighted by atomic mass is 35.5. The van der Waals surface area contributed by atoms with Crippen molar-refractivity contribution in [1.82, 2.24) is 14.8 Å². The second-order valence-electron chi connectivity index (χ2n) is 4.74. The van der Waals surface area contributed by atoms with Crippen LogP contribution in [0.25, 0.3) is 16.7 Å². The van der Waals surface area contributed by atoms with Gasteiger partial charge in [-0.3, -0.25) is 0 Å². The number of pyridine rings is 1. The summed E-state index contributed by atoms with van der Waals surface area (Å²) in [6.07, 6.45) is 1.43. The number of esters is 1. The maximum Gasteiger partial charge on any atom is 0.341 e. The van der Waals surface area contributed by atoms with Gasteiger partial charge in [0.25, 0.3) is 0 Å². The van der Waals surface area contributed by atoms with Crippen LogP contribution in [0, 0.1) is 6.92 Å². The third-order valence-corrected chi connectivity index (χ3v) is 3.70. The zero-order valence-corrected chi connectivity index (χ0v) is 13.0. The van der Waals surface area contributed by atoms with Crippen LogP contribution in [0.15, 0.2) is 36.5 Å². The Labute approximate surface area is 132 Å². The summed E-state index contributed by atoms with van der Waals surface area (Å²) < 4.78 is 6.71. The molecule has 6 heteroatoms. The van der Waals surface area contributed by atoms with Gasteiger partial charge in [0.05, 0.1) is 34.0 Å². The number of nitrogens with zero attached hydrogens (tertiary/aromatic N) is 3. The first-order valence-electron chi connectivity index (χ1n) is 6.89. The number of ether oxygens (including phenoxy) is 1. The summed E-state index contributed by atoms with van der Waals surface area (Å²) in [7, 11) is 0. The molecule has 0 N–H and O–H groups in total. The lowest BCUT2D eigenvalue weighted by Crippen LogP contribution is -2.06. The van der Waals surface area contributed by atoms with Crippen molar-refractivity contribution in [2.24, 2.45) is 0 Å². The number of aromatic nitrogens is 3. The molecular formula is C16H14ClN3O2. The Morgan fingerprint density at radius 1 is 1.32 bits per heavy atom. The molecule has 0 aliphatic heterocycles. The van der Waals surface area contributed by atoms with E-state index in [-0.39, 0.29) is 12.2 Å². The summed E-state index contributed by atoms with van der Waals surface area (Å²) in [6, 6.07) is 9.64. The molecule has 0 saturated heterocycles. The average molecular weight is 316 g/mol. The minimum absolute atomic E-state index is 0.256. The summed E-state index contributed by atoms with van der Waals surface area (Å²) in [6.45, 7) is 3.87. The lowest BCUT2D eigenvalue weighted by atomic mass is 10.2. The van der Waals surface area contributed by atoms with E-state index in [2.05, 4.69) is 10.1 Å². The molecule has 0 unspecified atom stereocenters. The predicted octanol–water partition coefficient (Wildman–Crippen LogP) is 3.56. The number of rotatable bonds is 3. The maximum absolute atomic E-state index is 11.9. The summed E-state index contributed by atoms with van der Waals surface area (Å²) in [5.41, 5.74) is 2.46. The van der Waals surface area contributed by atoms with Gasteiger partial charge in [0.15, 0.2) is 5.65 Å². The molecule has 0 aliphatic carbocycles. The molecule has 2 aromatic heterocycles. The number of carbonyl (C=O) groups is 1. The summed E-state index contributed by atoms with van der Waals surface area (Å²) in [5, 5.41) is 5.47. The standard InChI is InChI=1S/C16H14ClN3O2/c1-3-22-16(21)12-9-18-15-13(14(12)17)10(2)19-20(15)11-7-5-4-6-8-11/h4-9H,3H2,1-2H3. The van der Waals surface area contributed by atoms with Crippen molar-refractivity contribution in [3.05, 3.63) is 52.8 Å². The van der Waals surface area contributed by atoms with E-state index in [9.17, 15) is 4.79 Å². The molecule has 0 spiro atoms. The molecule has 1 aromatic carbocycles. The molecule has 5 nitrogen and oxygen atoms in total. The van der Waals surface area contributed by atoms with Gasteiger partial charge in [-0.15, -0.1) is 0 Å². The van der Waals surface area contributed by atoms with E-state index in [4.69, 9.17) is 16.3 Å². The Morgan fingerprint density at radius 3 is 2.73 bits per heavy atom. The minimum atomic E-state index is -0.478. The fourth-order valence-corrected chi connectivity index (χ4v) is 2.66. The zero-order chi connectivity index (χ0) is 15.7. The van der Waals surface area contributed by atoms with Crippen LogP contribution < -0.4 is 0 Å². The van der Waals surface area contributed by atoms with Crippen molar-refractivity contribution in [3.8, 4) is 5.69 Å². The predicted molar refractivity (Wildman–Crippen MR) is 84.6 cm³/mol. The second kappa shape index (κ2) is 5.77. The third-order valence-electron chi connectivity index (χ3n) is 3.30. The lowest BCUT2D eigenvalue weighted by Gasteiger charge is -2.06. The molecule has 22 heavy (non-hydrogen) atoms. The van der Waals surface area contributed by atoms with Crippen LogP contribution in [0.5, 0.6) is 0 Å². The highest BCUT2D eigenvalue weighted by molar-refractivity contribution is 6.38. The van der Waals surface area contributed by atoms with E-state index in [0.717, 1.165) is 5.69 Å². The normalized spacial score (nSPS) is 10.9. The van der Waals surface area contributed by atoms with Crippen molar-refractivity contribution in [2.75, 3.05) is 6.61 Å². The second-order valence-corrected chi connectivity index (χ2v) is 5.12. The van der Waals surface area contributed by atoms with Gasteiger partial charge in [-0.2, -0.15) is 5.10 Å². The highest BCUT2D eigenvalue weighted by Crippen LogP contribution is 2.30. The van der Waals surface area contributed by atoms with Gasteiger partial charge >= 0.3 is 5.97 Å². The van der Waals surface area contributed by atoms with Gasteiger partial charge in [-0.25, -0.2) is 14.5 Å². The highest BCUT2D eigenvalue weighted by Gasteiger charge is 2.20. The van der Waals surface area contributed by atoms with Gasteiger partial charge in [-0.1, -0.05) is 29.8 Å². The van der Waals surface area contributed by atoms with Crippen molar-refractivity contribution in [2.45, 2.75) is 13.8 Å². The van der Waals surface area contributed by atoms with Crippen LogP contribution in [0.3, 0.4) is 0 Å².